The van der Waals surface area contributed by atoms with Gasteiger partial charge >= 0.3 is 6.18 Å². The molecular weight excluding hydrogens is 217 g/mol. The van der Waals surface area contributed by atoms with Crippen LogP contribution in [0.3, 0.4) is 0 Å². The molecule has 0 aliphatic rings. The van der Waals surface area contributed by atoms with Gasteiger partial charge in [0.1, 0.15) is 5.75 Å². The van der Waals surface area contributed by atoms with Gasteiger partial charge in [-0.15, -0.1) is 0 Å². The average molecular weight is 225 g/mol. The van der Waals surface area contributed by atoms with E-state index in [0.29, 0.717) is 6.61 Å². The molecule has 0 aliphatic heterocycles. The molecule has 14 heavy (non-hydrogen) atoms. The largest absolute Gasteiger partial charge is 0.494 e. The van der Waals surface area contributed by atoms with Crippen molar-refractivity contribution in [1.82, 2.24) is 0 Å². The fourth-order valence-electron chi connectivity index (χ4n) is 0.976. The summed E-state index contributed by atoms with van der Waals surface area (Å²) in [5.74, 6) is 0.132. The lowest BCUT2D eigenvalue weighted by atomic mass is 10.2. The van der Waals surface area contributed by atoms with E-state index in [9.17, 15) is 13.2 Å². The Labute approximate surface area is 84.4 Å². The molecule has 0 heterocycles. The second-order valence-corrected chi connectivity index (χ2v) is 3.04. The molecule has 0 fully saturated rings. The van der Waals surface area contributed by atoms with Crippen LogP contribution in [0.1, 0.15) is 12.5 Å². The third kappa shape index (κ3) is 2.80. The van der Waals surface area contributed by atoms with Gasteiger partial charge in [-0.2, -0.15) is 13.2 Å². The third-order valence-electron chi connectivity index (χ3n) is 1.51. The Morgan fingerprint density at radius 2 is 1.93 bits per heavy atom. The monoisotopic (exact) mass is 224 g/mol. The first-order valence-corrected chi connectivity index (χ1v) is 4.32. The molecule has 1 aromatic carbocycles. The summed E-state index contributed by atoms with van der Waals surface area (Å²) < 4.78 is 41.8. The zero-order valence-electron chi connectivity index (χ0n) is 7.36. The van der Waals surface area contributed by atoms with Crippen molar-refractivity contribution >= 4 is 11.6 Å². The Bertz CT molecular complexity index is 322. The third-order valence-corrected chi connectivity index (χ3v) is 1.73. The van der Waals surface area contributed by atoms with Crippen LogP contribution < -0.4 is 4.74 Å². The zero-order chi connectivity index (χ0) is 10.8. The van der Waals surface area contributed by atoms with Gasteiger partial charge in [-0.25, -0.2) is 0 Å². The Kier molecular flexibility index (Phi) is 3.26. The van der Waals surface area contributed by atoms with Crippen LogP contribution in [0.5, 0.6) is 5.75 Å². The van der Waals surface area contributed by atoms with E-state index in [0.717, 1.165) is 12.1 Å². The van der Waals surface area contributed by atoms with E-state index in [1.165, 1.54) is 6.07 Å². The summed E-state index contributed by atoms with van der Waals surface area (Å²) in [5.41, 5.74) is -0.798. The summed E-state index contributed by atoms with van der Waals surface area (Å²) in [4.78, 5) is 0. The van der Waals surface area contributed by atoms with E-state index in [1.54, 1.807) is 6.92 Å². The summed E-state index contributed by atoms with van der Waals surface area (Å²) in [6.45, 7) is 1.99. The smallest absolute Gasteiger partial charge is 0.416 e. The lowest BCUT2D eigenvalue weighted by molar-refractivity contribution is -0.137. The number of ether oxygens (including phenoxy) is 1. The van der Waals surface area contributed by atoms with E-state index in [1.807, 2.05) is 0 Å². The van der Waals surface area contributed by atoms with E-state index < -0.39 is 11.7 Å². The van der Waals surface area contributed by atoms with Crippen molar-refractivity contribution in [3.63, 3.8) is 0 Å². The van der Waals surface area contributed by atoms with Gasteiger partial charge in [0.25, 0.3) is 0 Å². The summed E-state index contributed by atoms with van der Waals surface area (Å²) in [6, 6.07) is 3.14. The Morgan fingerprint density at radius 3 is 2.43 bits per heavy atom. The summed E-state index contributed by atoms with van der Waals surface area (Å²) >= 11 is 5.51. The maximum atomic E-state index is 12.3. The lowest BCUT2D eigenvalue weighted by Gasteiger charge is -2.09. The fourth-order valence-corrected chi connectivity index (χ4v) is 1.20. The minimum atomic E-state index is -4.39. The molecule has 5 heteroatoms. The van der Waals surface area contributed by atoms with Gasteiger partial charge in [0.15, 0.2) is 0 Å². The second kappa shape index (κ2) is 4.09. The molecule has 0 amide bonds. The number of halogens is 4. The highest BCUT2D eigenvalue weighted by molar-refractivity contribution is 6.30. The molecule has 0 saturated carbocycles. The van der Waals surface area contributed by atoms with Crippen molar-refractivity contribution in [2.75, 3.05) is 6.61 Å². The van der Waals surface area contributed by atoms with Crippen molar-refractivity contribution in [2.24, 2.45) is 0 Å². The predicted molar refractivity (Wildman–Crippen MR) is 47.6 cm³/mol. The van der Waals surface area contributed by atoms with E-state index in [2.05, 4.69) is 0 Å². The van der Waals surface area contributed by atoms with Crippen molar-refractivity contribution < 1.29 is 17.9 Å². The first kappa shape index (κ1) is 11.2. The van der Waals surface area contributed by atoms with Gasteiger partial charge in [0.05, 0.1) is 12.2 Å². The van der Waals surface area contributed by atoms with Gasteiger partial charge in [-0.3, -0.25) is 0 Å². The quantitative estimate of drug-likeness (QED) is 0.743. The van der Waals surface area contributed by atoms with Crippen LogP contribution in [0.4, 0.5) is 13.2 Å². The van der Waals surface area contributed by atoms with Crippen molar-refractivity contribution in [1.29, 1.82) is 0 Å². The van der Waals surface area contributed by atoms with E-state index >= 15 is 0 Å². The fraction of sp³-hybridized carbons (Fsp3) is 0.333. The van der Waals surface area contributed by atoms with Crippen LogP contribution in [-0.4, -0.2) is 6.61 Å². The van der Waals surface area contributed by atoms with E-state index in [4.69, 9.17) is 16.3 Å². The number of alkyl halides is 3. The molecule has 0 saturated heterocycles. The number of hydrogen-bond donors (Lipinski definition) is 0. The van der Waals surface area contributed by atoms with Gasteiger partial charge in [-0.1, -0.05) is 11.6 Å². The van der Waals surface area contributed by atoms with Gasteiger partial charge in [-0.05, 0) is 25.1 Å². The maximum Gasteiger partial charge on any atom is 0.416 e. The van der Waals surface area contributed by atoms with Gasteiger partial charge in [0, 0.05) is 5.02 Å². The number of hydrogen-bond acceptors (Lipinski definition) is 1. The summed E-state index contributed by atoms with van der Waals surface area (Å²) in [6.07, 6.45) is -4.39. The molecule has 0 spiro atoms. The molecule has 0 radical (unpaired) electrons. The van der Waals surface area contributed by atoms with Crippen LogP contribution in [0.25, 0.3) is 0 Å². The Balaban J connectivity index is 3.07. The highest BCUT2D eigenvalue weighted by Crippen LogP contribution is 2.33. The molecule has 0 atom stereocenters. The van der Waals surface area contributed by atoms with Gasteiger partial charge in [0.2, 0.25) is 0 Å². The zero-order valence-corrected chi connectivity index (χ0v) is 8.12. The van der Waals surface area contributed by atoms with Crippen molar-refractivity contribution in [2.45, 2.75) is 13.1 Å². The van der Waals surface area contributed by atoms with Crippen LogP contribution in [0.2, 0.25) is 5.02 Å². The molecular formula is C9H8ClF3O. The van der Waals surface area contributed by atoms with Crippen LogP contribution >= 0.6 is 11.6 Å². The van der Waals surface area contributed by atoms with Crippen LogP contribution in [0.15, 0.2) is 18.2 Å². The molecule has 0 N–H and O–H groups in total. The van der Waals surface area contributed by atoms with Gasteiger partial charge < -0.3 is 4.74 Å². The molecule has 0 aliphatic carbocycles. The Hall–Kier alpha value is -0.900. The first-order chi connectivity index (χ1) is 6.43. The molecule has 1 aromatic rings. The molecule has 1 rings (SSSR count). The molecule has 78 valence electrons. The number of benzene rings is 1. The topological polar surface area (TPSA) is 9.23 Å². The standard InChI is InChI=1S/C9H8ClF3O/c1-2-14-8-4-6(9(11,12)13)3-7(10)5-8/h3-5H,2H2,1H3. The summed E-state index contributed by atoms with van der Waals surface area (Å²) in [7, 11) is 0. The molecule has 0 aromatic heterocycles. The minimum absolute atomic E-state index is 0.0169. The normalized spacial score (nSPS) is 11.5. The predicted octanol–water partition coefficient (Wildman–Crippen LogP) is 3.76. The molecule has 0 bridgehead atoms. The molecule has 0 unspecified atom stereocenters. The first-order valence-electron chi connectivity index (χ1n) is 3.94. The van der Waals surface area contributed by atoms with E-state index in [-0.39, 0.29) is 10.8 Å². The lowest BCUT2D eigenvalue weighted by Crippen LogP contribution is -2.05. The highest BCUT2D eigenvalue weighted by Gasteiger charge is 2.31. The SMILES string of the molecule is CCOc1cc(Cl)cc(C(F)(F)F)c1. The van der Waals surface area contributed by atoms with Crippen LogP contribution in [0, 0.1) is 0 Å². The summed E-state index contributed by atoms with van der Waals surface area (Å²) in [5, 5.41) is 0.0169. The molecule has 1 nitrogen and oxygen atoms in total. The Morgan fingerprint density at radius 1 is 1.29 bits per heavy atom. The number of rotatable bonds is 2. The minimum Gasteiger partial charge on any atom is -0.494 e. The second-order valence-electron chi connectivity index (χ2n) is 2.61. The van der Waals surface area contributed by atoms with Crippen LogP contribution in [-0.2, 0) is 6.18 Å². The highest BCUT2D eigenvalue weighted by atomic mass is 35.5. The maximum absolute atomic E-state index is 12.3. The average Bonchev–Trinajstić information content (AvgIpc) is 2.02. The van der Waals surface area contributed by atoms with Crippen molar-refractivity contribution in [3.05, 3.63) is 28.8 Å². The van der Waals surface area contributed by atoms with Crippen molar-refractivity contribution in [3.8, 4) is 5.75 Å².